The lowest BCUT2D eigenvalue weighted by Crippen LogP contribution is -2.51. The molecule has 0 spiro atoms. The van der Waals surface area contributed by atoms with Crippen molar-refractivity contribution in [2.75, 3.05) is 31.3 Å². The van der Waals surface area contributed by atoms with Crippen molar-refractivity contribution in [3.63, 3.8) is 0 Å². The van der Waals surface area contributed by atoms with E-state index in [0.29, 0.717) is 17.9 Å². The second kappa shape index (κ2) is 10.8. The average Bonchev–Trinajstić information content (AvgIpc) is 2.76. The van der Waals surface area contributed by atoms with E-state index in [-0.39, 0.29) is 12.5 Å². The molecule has 2 aromatic carbocycles. The molecule has 0 fully saturated rings. The number of hydrogen-bond donors (Lipinski definition) is 1. The molecule has 1 atom stereocenters. The fourth-order valence-corrected chi connectivity index (χ4v) is 4.11. The molecule has 9 heteroatoms. The molecule has 0 aliphatic carbocycles. The molecule has 2 aromatic rings. The predicted octanol–water partition coefficient (Wildman–Crippen LogP) is 2.01. The van der Waals surface area contributed by atoms with Crippen molar-refractivity contribution in [3.8, 4) is 5.75 Å². The summed E-state index contributed by atoms with van der Waals surface area (Å²) in [5, 5.41) is 2.59. The number of carbonyl (C=O) groups excluding carboxylic acids is 2. The topological polar surface area (TPSA) is 96.0 Å². The molecule has 0 aliphatic heterocycles. The first-order valence-electron chi connectivity index (χ1n) is 9.88. The Labute approximate surface area is 183 Å². The summed E-state index contributed by atoms with van der Waals surface area (Å²) >= 11 is 0. The van der Waals surface area contributed by atoms with Crippen molar-refractivity contribution in [3.05, 3.63) is 60.2 Å². The Morgan fingerprint density at radius 2 is 1.77 bits per heavy atom. The van der Waals surface area contributed by atoms with Gasteiger partial charge in [-0.05, 0) is 36.2 Å². The average molecular weight is 448 g/mol. The molecule has 2 rings (SSSR count). The van der Waals surface area contributed by atoms with E-state index in [0.717, 1.165) is 16.1 Å². The molecule has 2 amide bonds. The Hall–Kier alpha value is -3.07. The fraction of sp³-hybridized carbons (Fsp3) is 0.364. The zero-order valence-corrected chi connectivity index (χ0v) is 19.1. The van der Waals surface area contributed by atoms with Gasteiger partial charge in [0, 0.05) is 13.6 Å². The van der Waals surface area contributed by atoms with Crippen molar-refractivity contribution < 1.29 is 22.7 Å². The van der Waals surface area contributed by atoms with Crippen LogP contribution in [-0.4, -0.2) is 58.1 Å². The predicted molar refractivity (Wildman–Crippen MR) is 120 cm³/mol. The summed E-state index contributed by atoms with van der Waals surface area (Å²) in [4.78, 5) is 27.3. The van der Waals surface area contributed by atoms with E-state index >= 15 is 0 Å². The summed E-state index contributed by atoms with van der Waals surface area (Å²) in [5.41, 5.74) is 1.15. The number of likely N-dealkylation sites (N-methyl/N-ethyl adjacent to an activating group) is 1. The standard InChI is InChI=1S/C22H29N3O5S/c1-5-20(22(27)23-2)24(15-17-10-9-13-19(14-17)30-3)21(26)16-25(31(4,28)29)18-11-7-6-8-12-18/h6-14,20H,5,15-16H2,1-4H3,(H,23,27). The summed E-state index contributed by atoms with van der Waals surface area (Å²) in [6.45, 7) is 1.52. The van der Waals surface area contributed by atoms with Crippen LogP contribution in [0.5, 0.6) is 5.75 Å². The summed E-state index contributed by atoms with van der Waals surface area (Å²) in [7, 11) is -0.670. The number of amides is 2. The van der Waals surface area contributed by atoms with Gasteiger partial charge in [-0.15, -0.1) is 0 Å². The Balaban J connectivity index is 2.41. The minimum Gasteiger partial charge on any atom is -0.497 e. The first kappa shape index (κ1) is 24.2. The smallest absolute Gasteiger partial charge is 0.244 e. The molecule has 1 N–H and O–H groups in total. The molecule has 0 radical (unpaired) electrons. The molecule has 8 nitrogen and oxygen atoms in total. The number of anilines is 1. The van der Waals surface area contributed by atoms with Gasteiger partial charge < -0.3 is 15.0 Å². The second-order valence-corrected chi connectivity index (χ2v) is 8.92. The lowest BCUT2D eigenvalue weighted by Gasteiger charge is -2.32. The quantitative estimate of drug-likeness (QED) is 0.601. The Kier molecular flexibility index (Phi) is 8.44. The van der Waals surface area contributed by atoms with Gasteiger partial charge >= 0.3 is 0 Å². The third-order valence-electron chi connectivity index (χ3n) is 4.84. The molecular formula is C22H29N3O5S. The van der Waals surface area contributed by atoms with Crippen LogP contribution in [-0.2, 0) is 26.2 Å². The number of nitrogens with zero attached hydrogens (tertiary/aromatic N) is 2. The second-order valence-electron chi connectivity index (χ2n) is 7.02. The van der Waals surface area contributed by atoms with Crippen LogP contribution in [0, 0.1) is 0 Å². The summed E-state index contributed by atoms with van der Waals surface area (Å²) in [6, 6.07) is 14.8. The summed E-state index contributed by atoms with van der Waals surface area (Å²) < 4.78 is 31.1. The summed E-state index contributed by atoms with van der Waals surface area (Å²) in [6.07, 6.45) is 1.43. The molecule has 168 valence electrons. The lowest BCUT2D eigenvalue weighted by molar-refractivity contribution is -0.140. The number of hydrogen-bond acceptors (Lipinski definition) is 5. The van der Waals surface area contributed by atoms with Crippen LogP contribution >= 0.6 is 0 Å². The van der Waals surface area contributed by atoms with Crippen molar-refractivity contribution in [1.82, 2.24) is 10.2 Å². The van der Waals surface area contributed by atoms with Crippen molar-refractivity contribution >= 4 is 27.5 Å². The van der Waals surface area contributed by atoms with Crippen LogP contribution < -0.4 is 14.4 Å². The monoisotopic (exact) mass is 447 g/mol. The maximum absolute atomic E-state index is 13.4. The molecule has 0 saturated heterocycles. The van der Waals surface area contributed by atoms with E-state index in [9.17, 15) is 18.0 Å². The Morgan fingerprint density at radius 3 is 2.32 bits per heavy atom. The minimum absolute atomic E-state index is 0.133. The molecule has 0 aromatic heterocycles. The van der Waals surface area contributed by atoms with Crippen molar-refractivity contribution in [1.29, 1.82) is 0 Å². The van der Waals surface area contributed by atoms with Crippen LogP contribution in [0.15, 0.2) is 54.6 Å². The highest BCUT2D eigenvalue weighted by Crippen LogP contribution is 2.20. The highest BCUT2D eigenvalue weighted by molar-refractivity contribution is 7.92. The molecule has 0 aliphatic rings. The van der Waals surface area contributed by atoms with Gasteiger partial charge in [0.25, 0.3) is 0 Å². The number of ether oxygens (including phenoxy) is 1. The number of methoxy groups -OCH3 is 1. The number of nitrogens with one attached hydrogen (secondary N) is 1. The molecular weight excluding hydrogens is 418 g/mol. The highest BCUT2D eigenvalue weighted by atomic mass is 32.2. The van der Waals surface area contributed by atoms with Gasteiger partial charge in [0.05, 0.1) is 19.1 Å². The van der Waals surface area contributed by atoms with Gasteiger partial charge in [-0.3, -0.25) is 13.9 Å². The minimum atomic E-state index is -3.72. The van der Waals surface area contributed by atoms with E-state index in [1.54, 1.807) is 62.6 Å². The maximum Gasteiger partial charge on any atom is 0.244 e. The Bertz CT molecular complexity index is 995. The number of carbonyl (C=O) groups is 2. The van der Waals surface area contributed by atoms with Crippen LogP contribution in [0.2, 0.25) is 0 Å². The van der Waals surface area contributed by atoms with Crippen LogP contribution in [0.25, 0.3) is 0 Å². The van der Waals surface area contributed by atoms with Crippen LogP contribution in [0.4, 0.5) is 5.69 Å². The number of sulfonamides is 1. The number of rotatable bonds is 10. The molecule has 0 bridgehead atoms. The molecule has 31 heavy (non-hydrogen) atoms. The third kappa shape index (κ3) is 6.45. The molecule has 0 heterocycles. The fourth-order valence-electron chi connectivity index (χ4n) is 3.26. The SMILES string of the molecule is CCC(C(=O)NC)N(Cc1cccc(OC)c1)C(=O)CN(c1ccccc1)S(C)(=O)=O. The Morgan fingerprint density at radius 1 is 1.10 bits per heavy atom. The first-order chi connectivity index (χ1) is 14.7. The van der Waals surface area contributed by atoms with Gasteiger partial charge in [-0.2, -0.15) is 0 Å². The largest absolute Gasteiger partial charge is 0.497 e. The molecule has 0 saturated carbocycles. The van der Waals surface area contributed by atoms with E-state index < -0.39 is 28.5 Å². The van der Waals surface area contributed by atoms with Crippen LogP contribution in [0.1, 0.15) is 18.9 Å². The normalized spacial score (nSPS) is 12.0. The number of para-hydroxylation sites is 1. The van der Waals surface area contributed by atoms with Gasteiger partial charge in [0.1, 0.15) is 18.3 Å². The van der Waals surface area contributed by atoms with Gasteiger partial charge in [-0.25, -0.2) is 8.42 Å². The zero-order valence-electron chi connectivity index (χ0n) is 18.2. The summed E-state index contributed by atoms with van der Waals surface area (Å²) in [5.74, 6) is -0.170. The third-order valence-corrected chi connectivity index (χ3v) is 5.98. The maximum atomic E-state index is 13.4. The zero-order chi connectivity index (χ0) is 23.0. The van der Waals surface area contributed by atoms with E-state index in [1.165, 1.54) is 11.9 Å². The lowest BCUT2D eigenvalue weighted by atomic mass is 10.1. The highest BCUT2D eigenvalue weighted by Gasteiger charge is 2.31. The van der Waals surface area contributed by atoms with E-state index in [2.05, 4.69) is 5.32 Å². The van der Waals surface area contributed by atoms with Crippen LogP contribution in [0.3, 0.4) is 0 Å². The van der Waals surface area contributed by atoms with E-state index in [4.69, 9.17) is 4.74 Å². The van der Waals surface area contributed by atoms with Gasteiger partial charge in [0.15, 0.2) is 0 Å². The van der Waals surface area contributed by atoms with Gasteiger partial charge in [-0.1, -0.05) is 37.3 Å². The van der Waals surface area contributed by atoms with Crippen molar-refractivity contribution in [2.24, 2.45) is 0 Å². The molecule has 1 unspecified atom stereocenters. The van der Waals surface area contributed by atoms with E-state index in [1.807, 2.05) is 6.07 Å². The van der Waals surface area contributed by atoms with Gasteiger partial charge in [0.2, 0.25) is 21.8 Å². The van der Waals surface area contributed by atoms with Crippen molar-refractivity contribution in [2.45, 2.75) is 25.9 Å². The first-order valence-corrected chi connectivity index (χ1v) is 11.7. The number of benzene rings is 2.